The quantitative estimate of drug-likeness (QED) is 0.830. The van der Waals surface area contributed by atoms with Crippen molar-refractivity contribution < 1.29 is 4.74 Å². The molecule has 2 aromatic rings. The molecule has 84 valence electrons. The van der Waals surface area contributed by atoms with Crippen LogP contribution in [0, 0.1) is 0 Å². The Morgan fingerprint density at radius 2 is 1.94 bits per heavy atom. The Balaban J connectivity index is 2.27. The minimum atomic E-state index is 0.384. The number of nitrogens with one attached hydrogen (secondary N) is 1. The fourth-order valence-electron chi connectivity index (χ4n) is 1.36. The van der Waals surface area contributed by atoms with Gasteiger partial charge in [-0.25, -0.2) is 9.97 Å². The Morgan fingerprint density at radius 3 is 2.62 bits per heavy atom. The van der Waals surface area contributed by atoms with Gasteiger partial charge in [0.2, 0.25) is 0 Å². The van der Waals surface area contributed by atoms with Gasteiger partial charge in [0.05, 0.1) is 17.6 Å². The van der Waals surface area contributed by atoms with E-state index in [4.69, 9.17) is 16.3 Å². The van der Waals surface area contributed by atoms with Crippen molar-refractivity contribution in [3.63, 3.8) is 0 Å². The Morgan fingerprint density at radius 1 is 1.25 bits per heavy atom. The van der Waals surface area contributed by atoms with Gasteiger partial charge in [-0.2, -0.15) is 0 Å². The van der Waals surface area contributed by atoms with E-state index in [0.29, 0.717) is 24.1 Å². The standard InChI is InChI=1S/C11H12ClN3O/c1-16-7-6-13-11-10(12)14-8-4-2-3-5-9(8)15-11/h2-5H,6-7H2,1H3,(H,13,15). The topological polar surface area (TPSA) is 47.0 Å². The van der Waals surface area contributed by atoms with Crippen molar-refractivity contribution in [3.8, 4) is 0 Å². The third-order valence-corrected chi connectivity index (χ3v) is 2.39. The summed E-state index contributed by atoms with van der Waals surface area (Å²) in [6.07, 6.45) is 0. The third kappa shape index (κ3) is 2.40. The number of para-hydroxylation sites is 2. The van der Waals surface area contributed by atoms with Crippen LogP contribution in [0.4, 0.5) is 5.82 Å². The van der Waals surface area contributed by atoms with Crippen molar-refractivity contribution in [2.24, 2.45) is 0 Å². The highest BCUT2D eigenvalue weighted by molar-refractivity contribution is 6.32. The van der Waals surface area contributed by atoms with Crippen molar-refractivity contribution in [1.82, 2.24) is 9.97 Å². The summed E-state index contributed by atoms with van der Waals surface area (Å²) in [4.78, 5) is 8.64. The Bertz CT molecular complexity index is 490. The summed E-state index contributed by atoms with van der Waals surface area (Å²) in [6, 6.07) is 7.61. The van der Waals surface area contributed by atoms with Gasteiger partial charge >= 0.3 is 0 Å². The highest BCUT2D eigenvalue weighted by Crippen LogP contribution is 2.20. The van der Waals surface area contributed by atoms with Crippen LogP contribution in [0.15, 0.2) is 24.3 Å². The molecule has 0 unspecified atom stereocenters. The monoisotopic (exact) mass is 237 g/mol. The van der Waals surface area contributed by atoms with Gasteiger partial charge in [0, 0.05) is 13.7 Å². The van der Waals surface area contributed by atoms with Gasteiger partial charge in [0.1, 0.15) is 0 Å². The first-order valence-corrected chi connectivity index (χ1v) is 5.34. The number of fused-ring (bicyclic) bond motifs is 1. The van der Waals surface area contributed by atoms with Crippen LogP contribution in [-0.2, 0) is 4.74 Å². The van der Waals surface area contributed by atoms with Crippen molar-refractivity contribution >= 4 is 28.5 Å². The second-order valence-corrected chi connectivity index (χ2v) is 3.63. The molecule has 1 N–H and O–H groups in total. The predicted octanol–water partition coefficient (Wildman–Crippen LogP) is 2.34. The molecule has 0 amide bonds. The maximum Gasteiger partial charge on any atom is 0.172 e. The van der Waals surface area contributed by atoms with E-state index < -0.39 is 0 Å². The molecular weight excluding hydrogens is 226 g/mol. The third-order valence-electron chi connectivity index (χ3n) is 2.13. The average molecular weight is 238 g/mol. The largest absolute Gasteiger partial charge is 0.383 e. The lowest BCUT2D eigenvalue weighted by atomic mass is 10.3. The number of rotatable bonds is 4. The average Bonchev–Trinajstić information content (AvgIpc) is 2.30. The van der Waals surface area contributed by atoms with Crippen LogP contribution >= 0.6 is 11.6 Å². The molecule has 0 spiro atoms. The van der Waals surface area contributed by atoms with Crippen molar-refractivity contribution in [2.75, 3.05) is 25.6 Å². The highest BCUT2D eigenvalue weighted by Gasteiger charge is 2.05. The number of nitrogens with zero attached hydrogens (tertiary/aromatic N) is 2. The number of methoxy groups -OCH3 is 1. The van der Waals surface area contributed by atoms with Crippen LogP contribution in [0.5, 0.6) is 0 Å². The number of halogens is 1. The van der Waals surface area contributed by atoms with Crippen LogP contribution in [-0.4, -0.2) is 30.2 Å². The molecule has 0 atom stereocenters. The molecule has 0 fully saturated rings. The molecule has 0 aliphatic rings. The van der Waals surface area contributed by atoms with E-state index in [2.05, 4.69) is 15.3 Å². The lowest BCUT2D eigenvalue weighted by Crippen LogP contribution is -2.09. The summed E-state index contributed by atoms with van der Waals surface area (Å²) >= 11 is 6.01. The minimum Gasteiger partial charge on any atom is -0.383 e. The highest BCUT2D eigenvalue weighted by atomic mass is 35.5. The van der Waals surface area contributed by atoms with Crippen LogP contribution in [0.1, 0.15) is 0 Å². The number of hydrogen-bond donors (Lipinski definition) is 1. The Hall–Kier alpha value is -1.39. The molecule has 0 bridgehead atoms. The van der Waals surface area contributed by atoms with Gasteiger partial charge in [0.25, 0.3) is 0 Å². The zero-order valence-electron chi connectivity index (χ0n) is 8.90. The van der Waals surface area contributed by atoms with Gasteiger partial charge in [-0.1, -0.05) is 23.7 Å². The summed E-state index contributed by atoms with van der Waals surface area (Å²) in [7, 11) is 1.65. The minimum absolute atomic E-state index is 0.384. The van der Waals surface area contributed by atoms with Gasteiger partial charge in [-0.3, -0.25) is 0 Å². The normalized spacial score (nSPS) is 10.6. The first-order valence-electron chi connectivity index (χ1n) is 4.96. The van der Waals surface area contributed by atoms with Crippen molar-refractivity contribution in [2.45, 2.75) is 0 Å². The van der Waals surface area contributed by atoms with Gasteiger partial charge in [0.15, 0.2) is 11.0 Å². The molecule has 4 nitrogen and oxygen atoms in total. The zero-order valence-corrected chi connectivity index (χ0v) is 9.66. The smallest absolute Gasteiger partial charge is 0.172 e. The molecule has 5 heteroatoms. The predicted molar refractivity (Wildman–Crippen MR) is 64.9 cm³/mol. The molecule has 0 saturated carbocycles. The van der Waals surface area contributed by atoms with E-state index in [1.165, 1.54) is 0 Å². The van der Waals surface area contributed by atoms with Crippen LogP contribution in [0.25, 0.3) is 11.0 Å². The van der Waals surface area contributed by atoms with Crippen molar-refractivity contribution in [1.29, 1.82) is 0 Å². The summed E-state index contributed by atoms with van der Waals surface area (Å²) in [5.74, 6) is 0.595. The second kappa shape index (κ2) is 5.09. The first-order chi connectivity index (χ1) is 7.81. The molecule has 1 aromatic heterocycles. The first kappa shape index (κ1) is 11.1. The fraction of sp³-hybridized carbons (Fsp3) is 0.273. The van der Waals surface area contributed by atoms with Crippen LogP contribution in [0.2, 0.25) is 5.15 Å². The van der Waals surface area contributed by atoms with E-state index in [9.17, 15) is 0 Å². The molecule has 0 radical (unpaired) electrons. The van der Waals surface area contributed by atoms with Crippen LogP contribution in [0.3, 0.4) is 0 Å². The Kier molecular flexibility index (Phi) is 3.54. The molecule has 0 saturated heterocycles. The molecule has 0 aliphatic heterocycles. The van der Waals surface area contributed by atoms with E-state index in [1.54, 1.807) is 7.11 Å². The summed E-state index contributed by atoms with van der Waals surface area (Å²) in [6.45, 7) is 1.26. The van der Waals surface area contributed by atoms with E-state index in [-0.39, 0.29) is 0 Å². The number of anilines is 1. The number of aromatic nitrogens is 2. The second-order valence-electron chi connectivity index (χ2n) is 3.27. The van der Waals surface area contributed by atoms with Crippen LogP contribution < -0.4 is 5.32 Å². The van der Waals surface area contributed by atoms with Gasteiger partial charge in [-0.15, -0.1) is 0 Å². The van der Waals surface area contributed by atoms with E-state index in [0.717, 1.165) is 11.0 Å². The fourth-order valence-corrected chi connectivity index (χ4v) is 1.56. The lowest BCUT2D eigenvalue weighted by molar-refractivity contribution is 0.210. The summed E-state index contributed by atoms with van der Waals surface area (Å²) in [5.41, 5.74) is 1.62. The van der Waals surface area contributed by atoms with E-state index >= 15 is 0 Å². The molecule has 16 heavy (non-hydrogen) atoms. The molecule has 1 heterocycles. The number of hydrogen-bond acceptors (Lipinski definition) is 4. The zero-order chi connectivity index (χ0) is 11.4. The molecule has 1 aromatic carbocycles. The molecular formula is C11H12ClN3O. The molecule has 2 rings (SSSR count). The summed E-state index contributed by atoms with van der Waals surface area (Å²) < 4.78 is 4.94. The molecule has 0 aliphatic carbocycles. The maximum atomic E-state index is 6.01. The van der Waals surface area contributed by atoms with Crippen molar-refractivity contribution in [3.05, 3.63) is 29.4 Å². The SMILES string of the molecule is COCCNc1nc2ccccc2nc1Cl. The van der Waals surface area contributed by atoms with Gasteiger partial charge in [-0.05, 0) is 12.1 Å². The van der Waals surface area contributed by atoms with E-state index in [1.807, 2.05) is 24.3 Å². The Labute approximate surface area is 98.6 Å². The number of benzene rings is 1. The number of ether oxygens (including phenoxy) is 1. The lowest BCUT2D eigenvalue weighted by Gasteiger charge is -2.07. The van der Waals surface area contributed by atoms with Gasteiger partial charge < -0.3 is 10.1 Å². The summed E-state index contributed by atoms with van der Waals surface area (Å²) in [5, 5.41) is 3.46. The maximum absolute atomic E-state index is 6.01.